The lowest BCUT2D eigenvalue weighted by molar-refractivity contribution is -0.0351. The minimum atomic E-state index is -0.175. The molecule has 1 aliphatic carbocycles. The molecule has 1 saturated carbocycles. The van der Waals surface area contributed by atoms with E-state index in [0.717, 1.165) is 31.4 Å². The first-order valence-electron chi connectivity index (χ1n) is 7.23. The van der Waals surface area contributed by atoms with Crippen molar-refractivity contribution in [1.82, 2.24) is 5.32 Å². The Morgan fingerprint density at radius 2 is 1.89 bits per heavy atom. The van der Waals surface area contributed by atoms with Gasteiger partial charge in [0.2, 0.25) is 0 Å². The van der Waals surface area contributed by atoms with E-state index in [1.165, 1.54) is 25.0 Å². The topological polar surface area (TPSA) is 21.3 Å². The van der Waals surface area contributed by atoms with E-state index in [-0.39, 0.29) is 11.4 Å². The van der Waals surface area contributed by atoms with Gasteiger partial charge in [-0.15, -0.1) is 0 Å². The van der Waals surface area contributed by atoms with Crippen molar-refractivity contribution in [2.45, 2.75) is 50.7 Å². The molecule has 1 aliphatic rings. The minimum Gasteiger partial charge on any atom is -0.377 e. The lowest BCUT2D eigenvalue weighted by atomic mass is 9.87. The van der Waals surface area contributed by atoms with E-state index in [1.54, 1.807) is 0 Å². The average Bonchev–Trinajstić information content (AvgIpc) is 2.91. The van der Waals surface area contributed by atoms with Gasteiger partial charge < -0.3 is 10.1 Å². The molecule has 3 heteroatoms. The van der Waals surface area contributed by atoms with Crippen LogP contribution in [0.3, 0.4) is 0 Å². The molecule has 0 bridgehead atoms. The molecule has 2 rings (SSSR count). The van der Waals surface area contributed by atoms with Crippen LogP contribution < -0.4 is 5.32 Å². The zero-order valence-corrected chi connectivity index (χ0v) is 11.9. The number of likely N-dealkylation sites (N-methyl/N-ethyl adjacent to an activating group) is 1. The van der Waals surface area contributed by atoms with E-state index in [9.17, 15) is 4.39 Å². The van der Waals surface area contributed by atoms with Gasteiger partial charge in [0.05, 0.1) is 5.60 Å². The first-order chi connectivity index (χ1) is 9.20. The smallest absolute Gasteiger partial charge is 0.123 e. The summed E-state index contributed by atoms with van der Waals surface area (Å²) in [7, 11) is 1.82. The molecule has 1 fully saturated rings. The van der Waals surface area contributed by atoms with Crippen LogP contribution in [0.15, 0.2) is 24.3 Å². The molecule has 1 aromatic rings. The van der Waals surface area contributed by atoms with Crippen molar-refractivity contribution in [3.05, 3.63) is 35.6 Å². The molecule has 0 saturated heterocycles. The number of hydrogen-bond acceptors (Lipinski definition) is 2. The number of ether oxygens (including phenoxy) is 1. The zero-order chi connectivity index (χ0) is 13.7. The second kappa shape index (κ2) is 6.49. The molecule has 0 amide bonds. The van der Waals surface area contributed by atoms with Gasteiger partial charge in [-0.2, -0.15) is 0 Å². The Balaban J connectivity index is 2.13. The molecule has 0 spiro atoms. The summed E-state index contributed by atoms with van der Waals surface area (Å²) in [5, 5.41) is 3.56. The maximum absolute atomic E-state index is 13.0. The first kappa shape index (κ1) is 14.5. The van der Waals surface area contributed by atoms with E-state index >= 15 is 0 Å². The van der Waals surface area contributed by atoms with E-state index in [2.05, 4.69) is 12.2 Å². The van der Waals surface area contributed by atoms with E-state index < -0.39 is 0 Å². The molecule has 2 nitrogen and oxygen atoms in total. The highest BCUT2D eigenvalue weighted by Gasteiger charge is 2.41. The highest BCUT2D eigenvalue weighted by molar-refractivity contribution is 5.18. The molecule has 0 aliphatic heterocycles. The second-order valence-electron chi connectivity index (χ2n) is 5.42. The van der Waals surface area contributed by atoms with Crippen LogP contribution in [0.25, 0.3) is 0 Å². The van der Waals surface area contributed by atoms with Crippen LogP contribution >= 0.6 is 0 Å². The fraction of sp³-hybridized carbons (Fsp3) is 0.625. The third-order valence-corrected chi connectivity index (χ3v) is 4.30. The van der Waals surface area contributed by atoms with Crippen molar-refractivity contribution in [3.8, 4) is 0 Å². The first-order valence-corrected chi connectivity index (χ1v) is 7.23. The van der Waals surface area contributed by atoms with Gasteiger partial charge in [0.25, 0.3) is 0 Å². The predicted molar refractivity (Wildman–Crippen MR) is 75.8 cm³/mol. The Morgan fingerprint density at radius 3 is 2.42 bits per heavy atom. The Bertz CT molecular complexity index is 384. The van der Waals surface area contributed by atoms with Crippen LogP contribution in [-0.4, -0.2) is 25.3 Å². The third-order valence-electron chi connectivity index (χ3n) is 4.30. The summed E-state index contributed by atoms with van der Waals surface area (Å²) in [6.45, 7) is 3.05. The molecule has 19 heavy (non-hydrogen) atoms. The Morgan fingerprint density at radius 1 is 1.26 bits per heavy atom. The van der Waals surface area contributed by atoms with Gasteiger partial charge in [-0.05, 0) is 43.5 Å². The summed E-state index contributed by atoms with van der Waals surface area (Å²) < 4.78 is 18.8. The van der Waals surface area contributed by atoms with Crippen molar-refractivity contribution in [3.63, 3.8) is 0 Å². The normalized spacial score (nSPS) is 19.5. The molecule has 0 radical (unpaired) electrons. The largest absolute Gasteiger partial charge is 0.377 e. The maximum atomic E-state index is 13.0. The van der Waals surface area contributed by atoms with Crippen molar-refractivity contribution < 1.29 is 9.13 Å². The Hall–Kier alpha value is -0.930. The predicted octanol–water partition coefficient (Wildman–Crippen LogP) is 3.31. The molecule has 1 unspecified atom stereocenters. The highest BCUT2D eigenvalue weighted by atomic mass is 19.1. The van der Waals surface area contributed by atoms with Crippen LogP contribution in [0.4, 0.5) is 4.39 Å². The zero-order valence-electron chi connectivity index (χ0n) is 11.9. The van der Waals surface area contributed by atoms with E-state index in [0.29, 0.717) is 6.04 Å². The van der Waals surface area contributed by atoms with E-state index in [1.807, 2.05) is 19.2 Å². The van der Waals surface area contributed by atoms with Crippen molar-refractivity contribution in [2.24, 2.45) is 0 Å². The highest BCUT2D eigenvalue weighted by Crippen LogP contribution is 2.36. The second-order valence-corrected chi connectivity index (χ2v) is 5.42. The third kappa shape index (κ3) is 3.34. The number of benzene rings is 1. The summed E-state index contributed by atoms with van der Waals surface area (Å²) in [6.07, 6.45) is 5.59. The van der Waals surface area contributed by atoms with Crippen LogP contribution in [-0.2, 0) is 11.2 Å². The number of halogens is 1. The van der Waals surface area contributed by atoms with Crippen molar-refractivity contribution in [2.75, 3.05) is 13.7 Å². The van der Waals surface area contributed by atoms with Gasteiger partial charge in [0, 0.05) is 13.2 Å². The molecule has 0 heterocycles. The molecular weight excluding hydrogens is 241 g/mol. The van der Waals surface area contributed by atoms with Gasteiger partial charge in [-0.1, -0.05) is 31.9 Å². The lowest BCUT2D eigenvalue weighted by Gasteiger charge is -2.37. The number of methoxy groups -OCH3 is 1. The standard InChI is InChI=1S/C16H24FNO/c1-3-18-15(16(19-2)10-4-5-11-16)12-13-6-8-14(17)9-7-13/h6-9,15,18H,3-5,10-12H2,1-2H3. The number of nitrogens with one attached hydrogen (secondary N) is 1. The number of rotatable bonds is 6. The van der Waals surface area contributed by atoms with E-state index in [4.69, 9.17) is 4.74 Å². The van der Waals surface area contributed by atoms with Gasteiger partial charge >= 0.3 is 0 Å². The molecule has 106 valence electrons. The van der Waals surface area contributed by atoms with Crippen LogP contribution in [0.5, 0.6) is 0 Å². The lowest BCUT2D eigenvalue weighted by Crippen LogP contribution is -2.51. The SMILES string of the molecule is CCNC(Cc1ccc(F)cc1)C1(OC)CCCC1. The summed E-state index contributed by atoms with van der Waals surface area (Å²) in [5.41, 5.74) is 1.11. The van der Waals surface area contributed by atoms with Crippen molar-refractivity contribution >= 4 is 0 Å². The number of hydrogen-bond donors (Lipinski definition) is 1. The fourth-order valence-electron chi connectivity index (χ4n) is 3.22. The van der Waals surface area contributed by atoms with Crippen molar-refractivity contribution in [1.29, 1.82) is 0 Å². The fourth-order valence-corrected chi connectivity index (χ4v) is 3.22. The quantitative estimate of drug-likeness (QED) is 0.852. The summed E-state index contributed by atoms with van der Waals surface area (Å²) in [4.78, 5) is 0. The van der Waals surface area contributed by atoms with Gasteiger partial charge in [-0.25, -0.2) is 4.39 Å². The van der Waals surface area contributed by atoms with Gasteiger partial charge in [0.1, 0.15) is 5.82 Å². The molecule has 1 atom stereocenters. The van der Waals surface area contributed by atoms with Crippen LogP contribution in [0.2, 0.25) is 0 Å². The minimum absolute atomic E-state index is 0.0512. The van der Waals surface area contributed by atoms with Gasteiger partial charge in [0.15, 0.2) is 0 Å². The Kier molecular flexibility index (Phi) is 4.94. The van der Waals surface area contributed by atoms with Gasteiger partial charge in [-0.3, -0.25) is 0 Å². The molecule has 1 N–H and O–H groups in total. The van der Waals surface area contributed by atoms with Crippen LogP contribution in [0, 0.1) is 5.82 Å². The summed E-state index contributed by atoms with van der Waals surface area (Å²) >= 11 is 0. The average molecular weight is 265 g/mol. The maximum Gasteiger partial charge on any atom is 0.123 e. The Labute approximate surface area is 115 Å². The summed E-state index contributed by atoms with van der Waals surface area (Å²) in [5.74, 6) is -0.175. The molecule has 0 aromatic heterocycles. The molecular formula is C16H24FNO. The van der Waals surface area contributed by atoms with Crippen LogP contribution in [0.1, 0.15) is 38.2 Å². The molecule has 1 aromatic carbocycles. The summed E-state index contributed by atoms with van der Waals surface area (Å²) in [6, 6.07) is 7.12. The monoisotopic (exact) mass is 265 g/mol.